The topological polar surface area (TPSA) is 68.5 Å². The number of aryl methyl sites for hydroxylation is 2. The summed E-state index contributed by atoms with van der Waals surface area (Å²) < 4.78 is 1.58. The van der Waals surface area contributed by atoms with Gasteiger partial charge in [0.2, 0.25) is 5.95 Å². The molecule has 0 aliphatic carbocycles. The first-order chi connectivity index (χ1) is 6.75. The first-order valence-corrected chi connectivity index (χ1v) is 5.01. The Morgan fingerprint density at radius 1 is 1.57 bits per heavy atom. The SMILES string of the molecule is Cc1csc(CNc2nnnn2C)n1. The molecule has 0 unspecified atom stereocenters. The molecule has 2 aromatic rings. The molecule has 1 N–H and O–H groups in total. The highest BCUT2D eigenvalue weighted by Crippen LogP contribution is 2.09. The lowest BCUT2D eigenvalue weighted by atomic mass is 10.6. The van der Waals surface area contributed by atoms with Gasteiger partial charge in [0.05, 0.1) is 6.54 Å². The van der Waals surface area contributed by atoms with Crippen molar-refractivity contribution in [3.63, 3.8) is 0 Å². The van der Waals surface area contributed by atoms with Gasteiger partial charge in [-0.25, -0.2) is 9.67 Å². The Labute approximate surface area is 85.0 Å². The molecule has 6 nitrogen and oxygen atoms in total. The number of tetrazole rings is 1. The minimum atomic E-state index is 0.651. The molecule has 2 rings (SSSR count). The summed E-state index contributed by atoms with van der Waals surface area (Å²) >= 11 is 1.63. The largest absolute Gasteiger partial charge is 0.347 e. The number of anilines is 1. The van der Waals surface area contributed by atoms with Crippen molar-refractivity contribution >= 4 is 17.3 Å². The molecule has 0 aliphatic heterocycles. The van der Waals surface area contributed by atoms with E-state index in [1.165, 1.54) is 0 Å². The zero-order chi connectivity index (χ0) is 9.97. The van der Waals surface area contributed by atoms with Crippen LogP contribution in [0.25, 0.3) is 0 Å². The molecule has 0 amide bonds. The smallest absolute Gasteiger partial charge is 0.242 e. The molecule has 0 saturated carbocycles. The van der Waals surface area contributed by atoms with Crippen LogP contribution in [0.15, 0.2) is 5.38 Å². The maximum atomic E-state index is 4.32. The maximum Gasteiger partial charge on any atom is 0.242 e. The number of nitrogens with zero attached hydrogens (tertiary/aromatic N) is 5. The zero-order valence-corrected chi connectivity index (χ0v) is 8.75. The first-order valence-electron chi connectivity index (χ1n) is 4.13. The second-order valence-electron chi connectivity index (χ2n) is 2.86. The first kappa shape index (κ1) is 9.07. The average Bonchev–Trinajstić information content (AvgIpc) is 2.72. The van der Waals surface area contributed by atoms with Gasteiger partial charge in [-0.3, -0.25) is 0 Å². The quantitative estimate of drug-likeness (QED) is 0.802. The van der Waals surface area contributed by atoms with Crippen molar-refractivity contribution in [1.82, 2.24) is 25.2 Å². The summed E-state index contributed by atoms with van der Waals surface area (Å²) in [5.74, 6) is 0.651. The van der Waals surface area contributed by atoms with Gasteiger partial charge >= 0.3 is 0 Å². The minimum absolute atomic E-state index is 0.651. The molecule has 2 aromatic heterocycles. The highest BCUT2D eigenvalue weighted by atomic mass is 32.1. The molecular formula is C7H10N6S. The Balaban J connectivity index is 1.98. The van der Waals surface area contributed by atoms with E-state index in [0.29, 0.717) is 12.5 Å². The molecule has 7 heteroatoms. The van der Waals surface area contributed by atoms with Crippen LogP contribution < -0.4 is 5.32 Å². The lowest BCUT2D eigenvalue weighted by molar-refractivity contribution is 0.712. The lowest BCUT2D eigenvalue weighted by Crippen LogP contribution is -2.05. The summed E-state index contributed by atoms with van der Waals surface area (Å²) in [7, 11) is 1.79. The molecule has 74 valence electrons. The Morgan fingerprint density at radius 3 is 3.00 bits per heavy atom. The highest BCUT2D eigenvalue weighted by Gasteiger charge is 2.02. The normalized spacial score (nSPS) is 10.4. The monoisotopic (exact) mass is 210 g/mol. The van der Waals surface area contributed by atoms with Crippen molar-refractivity contribution < 1.29 is 0 Å². The second-order valence-corrected chi connectivity index (χ2v) is 3.80. The number of nitrogens with one attached hydrogen (secondary N) is 1. The summed E-state index contributed by atoms with van der Waals surface area (Å²) in [6.45, 7) is 2.64. The number of rotatable bonds is 3. The van der Waals surface area contributed by atoms with Gasteiger partial charge in [-0.1, -0.05) is 5.10 Å². The third-order valence-corrected chi connectivity index (χ3v) is 2.65. The van der Waals surface area contributed by atoms with Crippen LogP contribution in [0.2, 0.25) is 0 Å². The van der Waals surface area contributed by atoms with Crippen LogP contribution in [0.4, 0.5) is 5.95 Å². The van der Waals surface area contributed by atoms with E-state index in [9.17, 15) is 0 Å². The lowest BCUT2D eigenvalue weighted by Gasteiger charge is -1.99. The molecule has 0 aromatic carbocycles. The Hall–Kier alpha value is -1.50. The van der Waals surface area contributed by atoms with Crippen molar-refractivity contribution in [2.75, 3.05) is 5.32 Å². The van der Waals surface area contributed by atoms with Gasteiger partial charge in [0.15, 0.2) is 0 Å². The third-order valence-electron chi connectivity index (χ3n) is 1.68. The van der Waals surface area contributed by atoms with Gasteiger partial charge in [-0.15, -0.1) is 11.3 Å². The van der Waals surface area contributed by atoms with E-state index < -0.39 is 0 Å². The van der Waals surface area contributed by atoms with Crippen LogP contribution in [-0.2, 0) is 13.6 Å². The second kappa shape index (κ2) is 3.70. The van der Waals surface area contributed by atoms with Gasteiger partial charge in [-0.2, -0.15) is 0 Å². The maximum absolute atomic E-state index is 4.32. The van der Waals surface area contributed by atoms with Crippen LogP contribution in [0.1, 0.15) is 10.7 Å². The molecule has 0 saturated heterocycles. The molecule has 0 atom stereocenters. The zero-order valence-electron chi connectivity index (χ0n) is 7.93. The Morgan fingerprint density at radius 2 is 2.43 bits per heavy atom. The highest BCUT2D eigenvalue weighted by molar-refractivity contribution is 7.09. The number of thiazole rings is 1. The predicted octanol–water partition coefficient (Wildman–Crippen LogP) is 0.587. The fraction of sp³-hybridized carbons (Fsp3) is 0.429. The van der Waals surface area contributed by atoms with Crippen molar-refractivity contribution in [2.24, 2.45) is 7.05 Å². The van der Waals surface area contributed by atoms with E-state index >= 15 is 0 Å². The fourth-order valence-electron chi connectivity index (χ4n) is 1.02. The molecule has 0 fully saturated rings. The average molecular weight is 210 g/mol. The molecule has 0 spiro atoms. The van der Waals surface area contributed by atoms with Crippen LogP contribution in [0.5, 0.6) is 0 Å². The van der Waals surface area contributed by atoms with Crippen molar-refractivity contribution in [1.29, 1.82) is 0 Å². The summed E-state index contributed by atoms with van der Waals surface area (Å²) in [6, 6.07) is 0. The van der Waals surface area contributed by atoms with Gasteiger partial charge in [0.1, 0.15) is 5.01 Å². The van der Waals surface area contributed by atoms with Crippen LogP contribution in [0, 0.1) is 6.92 Å². The van der Waals surface area contributed by atoms with Crippen molar-refractivity contribution in [3.8, 4) is 0 Å². The van der Waals surface area contributed by atoms with Crippen molar-refractivity contribution in [2.45, 2.75) is 13.5 Å². The van der Waals surface area contributed by atoms with E-state index in [2.05, 4.69) is 25.8 Å². The van der Waals surface area contributed by atoms with Crippen LogP contribution in [0.3, 0.4) is 0 Å². The molecule has 0 aliphatic rings. The van der Waals surface area contributed by atoms with Gasteiger partial charge in [-0.05, 0) is 17.4 Å². The van der Waals surface area contributed by atoms with Gasteiger partial charge < -0.3 is 5.32 Å². The molecule has 2 heterocycles. The van der Waals surface area contributed by atoms with Gasteiger partial charge in [0, 0.05) is 18.1 Å². The van der Waals surface area contributed by atoms with E-state index in [4.69, 9.17) is 0 Å². The summed E-state index contributed by atoms with van der Waals surface area (Å²) in [4.78, 5) is 4.32. The fourth-order valence-corrected chi connectivity index (χ4v) is 1.73. The van der Waals surface area contributed by atoms with E-state index in [-0.39, 0.29) is 0 Å². The number of hydrogen-bond donors (Lipinski definition) is 1. The van der Waals surface area contributed by atoms with E-state index in [0.717, 1.165) is 10.7 Å². The predicted molar refractivity (Wildman–Crippen MR) is 53.0 cm³/mol. The van der Waals surface area contributed by atoms with Crippen LogP contribution in [-0.4, -0.2) is 25.2 Å². The number of hydrogen-bond acceptors (Lipinski definition) is 6. The summed E-state index contributed by atoms with van der Waals surface area (Å²) in [6.07, 6.45) is 0. The third kappa shape index (κ3) is 1.87. The molecule has 14 heavy (non-hydrogen) atoms. The Kier molecular flexibility index (Phi) is 2.40. The van der Waals surface area contributed by atoms with Gasteiger partial charge in [0.25, 0.3) is 0 Å². The number of aromatic nitrogens is 5. The summed E-state index contributed by atoms with van der Waals surface area (Å²) in [5.41, 5.74) is 1.04. The van der Waals surface area contributed by atoms with Crippen LogP contribution >= 0.6 is 11.3 Å². The summed E-state index contributed by atoms with van der Waals surface area (Å²) in [5, 5.41) is 17.2. The standard InChI is InChI=1S/C7H10N6S/c1-5-4-14-6(9-5)3-8-7-10-11-12-13(7)2/h4H,3H2,1-2H3,(H,8,10,12). The van der Waals surface area contributed by atoms with E-state index in [1.807, 2.05) is 12.3 Å². The molecular weight excluding hydrogens is 200 g/mol. The van der Waals surface area contributed by atoms with E-state index in [1.54, 1.807) is 23.1 Å². The minimum Gasteiger partial charge on any atom is -0.347 e. The van der Waals surface area contributed by atoms with Crippen molar-refractivity contribution in [3.05, 3.63) is 16.1 Å². The Bertz CT molecular complexity index is 419. The molecule has 0 bridgehead atoms. The molecule has 0 radical (unpaired) electrons.